The van der Waals surface area contributed by atoms with Gasteiger partial charge < -0.3 is 13.6 Å². The number of furan rings is 1. The van der Waals surface area contributed by atoms with Gasteiger partial charge >= 0.3 is 5.63 Å². The minimum Gasteiger partial charge on any atom is -0.497 e. The molecule has 116 valence electrons. The number of aryl methyl sites for hydroxylation is 1. The van der Waals surface area contributed by atoms with Crippen LogP contribution in [0.1, 0.15) is 24.0 Å². The molecule has 1 aliphatic carbocycles. The quantitative estimate of drug-likeness (QED) is 0.671. The number of ether oxygens (including phenoxy) is 1. The standard InChI is InChI=1S/C19H16O4/c1-10-4-7-16-17(18-14(10)8-11(2)22-18)15-9-12(21-3)5-6-13(15)19(20)23-16/h4-6,8-9H,7H2,1-3H3. The van der Waals surface area contributed by atoms with Crippen LogP contribution in [0.3, 0.4) is 0 Å². The molecule has 1 aliphatic rings. The van der Waals surface area contributed by atoms with Crippen LogP contribution in [0, 0.1) is 6.92 Å². The van der Waals surface area contributed by atoms with Crippen LogP contribution in [0.4, 0.5) is 0 Å². The third kappa shape index (κ3) is 2.02. The molecule has 0 fully saturated rings. The predicted octanol–water partition coefficient (Wildman–Crippen LogP) is 4.33. The summed E-state index contributed by atoms with van der Waals surface area (Å²) in [5.41, 5.74) is 2.67. The zero-order chi connectivity index (χ0) is 16.1. The van der Waals surface area contributed by atoms with Gasteiger partial charge in [0, 0.05) is 17.4 Å². The van der Waals surface area contributed by atoms with Gasteiger partial charge in [0.1, 0.15) is 23.0 Å². The lowest BCUT2D eigenvalue weighted by Crippen LogP contribution is -2.04. The third-order valence-corrected chi connectivity index (χ3v) is 4.31. The molecule has 4 rings (SSSR count). The number of rotatable bonds is 1. The fourth-order valence-electron chi connectivity index (χ4n) is 3.14. The molecule has 1 aromatic carbocycles. The van der Waals surface area contributed by atoms with Gasteiger partial charge in [0.25, 0.3) is 0 Å². The molecule has 0 saturated heterocycles. The van der Waals surface area contributed by atoms with E-state index in [9.17, 15) is 4.79 Å². The van der Waals surface area contributed by atoms with E-state index in [1.807, 2.05) is 26.0 Å². The number of methoxy groups -OCH3 is 1. The van der Waals surface area contributed by atoms with E-state index < -0.39 is 0 Å². The maximum Gasteiger partial charge on any atom is 0.343 e. The maximum atomic E-state index is 12.3. The second kappa shape index (κ2) is 4.88. The Morgan fingerprint density at radius 3 is 2.70 bits per heavy atom. The highest BCUT2D eigenvalue weighted by molar-refractivity contribution is 5.99. The zero-order valence-electron chi connectivity index (χ0n) is 13.2. The van der Waals surface area contributed by atoms with Crippen LogP contribution in [0.5, 0.6) is 5.75 Å². The number of allylic oxidation sites excluding steroid dienone is 2. The smallest absolute Gasteiger partial charge is 0.343 e. The lowest BCUT2D eigenvalue weighted by molar-refractivity contribution is 0.415. The molecule has 0 aliphatic heterocycles. The van der Waals surface area contributed by atoms with Crippen LogP contribution < -0.4 is 10.4 Å². The Labute approximate surface area is 133 Å². The van der Waals surface area contributed by atoms with Crippen molar-refractivity contribution in [2.45, 2.75) is 20.3 Å². The number of hydrogen-bond donors (Lipinski definition) is 0. The second-order valence-corrected chi connectivity index (χ2v) is 5.79. The lowest BCUT2D eigenvalue weighted by Gasteiger charge is -2.09. The maximum absolute atomic E-state index is 12.3. The van der Waals surface area contributed by atoms with Crippen molar-refractivity contribution in [3.8, 4) is 17.1 Å². The number of hydrogen-bond acceptors (Lipinski definition) is 4. The van der Waals surface area contributed by atoms with Crippen LogP contribution in [0.2, 0.25) is 0 Å². The van der Waals surface area contributed by atoms with Crippen molar-refractivity contribution in [3.63, 3.8) is 0 Å². The zero-order valence-corrected chi connectivity index (χ0v) is 13.2. The van der Waals surface area contributed by atoms with E-state index in [0.29, 0.717) is 23.3 Å². The monoisotopic (exact) mass is 308 g/mol. The normalized spacial score (nSPS) is 13.3. The van der Waals surface area contributed by atoms with Crippen molar-refractivity contribution in [2.24, 2.45) is 0 Å². The van der Waals surface area contributed by atoms with Gasteiger partial charge in [-0.15, -0.1) is 0 Å². The molecule has 0 unspecified atom stereocenters. The van der Waals surface area contributed by atoms with Gasteiger partial charge in [-0.05, 0) is 43.7 Å². The minimum atomic E-state index is -0.334. The summed E-state index contributed by atoms with van der Waals surface area (Å²) < 4.78 is 16.9. The summed E-state index contributed by atoms with van der Waals surface area (Å²) in [6.45, 7) is 3.96. The molecule has 0 bridgehead atoms. The largest absolute Gasteiger partial charge is 0.497 e. The molecule has 0 spiro atoms. The first kappa shape index (κ1) is 13.9. The van der Waals surface area contributed by atoms with Crippen molar-refractivity contribution in [1.29, 1.82) is 0 Å². The molecule has 2 aromatic heterocycles. The Balaban J connectivity index is 2.18. The first-order valence-corrected chi connectivity index (χ1v) is 7.50. The average molecular weight is 308 g/mol. The molecule has 0 N–H and O–H groups in total. The molecule has 0 radical (unpaired) electrons. The molecule has 4 nitrogen and oxygen atoms in total. The molecule has 3 aromatic rings. The van der Waals surface area contributed by atoms with Gasteiger partial charge in [0.2, 0.25) is 0 Å². The Morgan fingerprint density at radius 1 is 1.09 bits per heavy atom. The Bertz CT molecular complexity index is 1020. The first-order valence-electron chi connectivity index (χ1n) is 7.50. The number of benzene rings is 1. The van der Waals surface area contributed by atoms with Crippen molar-refractivity contribution in [2.75, 3.05) is 7.11 Å². The average Bonchev–Trinajstić information content (AvgIpc) is 2.88. The van der Waals surface area contributed by atoms with E-state index >= 15 is 0 Å². The summed E-state index contributed by atoms with van der Waals surface area (Å²) >= 11 is 0. The Hall–Kier alpha value is -2.75. The molecule has 2 heterocycles. The van der Waals surface area contributed by atoms with Gasteiger partial charge in [-0.3, -0.25) is 0 Å². The number of fused-ring (bicyclic) bond motifs is 5. The van der Waals surface area contributed by atoms with Crippen LogP contribution in [0.15, 0.2) is 44.0 Å². The van der Waals surface area contributed by atoms with Gasteiger partial charge in [0.15, 0.2) is 0 Å². The third-order valence-electron chi connectivity index (χ3n) is 4.31. The fraction of sp³-hybridized carbons (Fsp3) is 0.211. The van der Waals surface area contributed by atoms with Crippen LogP contribution in [-0.2, 0) is 6.42 Å². The summed E-state index contributed by atoms with van der Waals surface area (Å²) in [5, 5.41) is 1.33. The van der Waals surface area contributed by atoms with E-state index in [-0.39, 0.29) is 5.63 Å². The highest BCUT2D eigenvalue weighted by Gasteiger charge is 2.24. The molecule has 0 saturated carbocycles. The molecular weight excluding hydrogens is 292 g/mol. The highest BCUT2D eigenvalue weighted by atomic mass is 16.5. The molecule has 4 heteroatoms. The van der Waals surface area contributed by atoms with E-state index in [1.54, 1.807) is 19.2 Å². The first-order chi connectivity index (χ1) is 11.1. The minimum absolute atomic E-state index is 0.334. The lowest BCUT2D eigenvalue weighted by atomic mass is 10.00. The fourth-order valence-corrected chi connectivity index (χ4v) is 3.14. The predicted molar refractivity (Wildman–Crippen MR) is 88.8 cm³/mol. The van der Waals surface area contributed by atoms with Gasteiger partial charge in [-0.2, -0.15) is 0 Å². The molecule has 23 heavy (non-hydrogen) atoms. The van der Waals surface area contributed by atoms with Crippen LogP contribution in [0.25, 0.3) is 27.7 Å². The van der Waals surface area contributed by atoms with E-state index in [1.165, 1.54) is 0 Å². The molecular formula is C19H16O4. The summed E-state index contributed by atoms with van der Waals surface area (Å²) in [7, 11) is 1.61. The van der Waals surface area contributed by atoms with Crippen molar-refractivity contribution in [1.82, 2.24) is 0 Å². The van der Waals surface area contributed by atoms with Crippen molar-refractivity contribution in [3.05, 3.63) is 57.8 Å². The molecule has 0 amide bonds. The van der Waals surface area contributed by atoms with Gasteiger partial charge in [0.05, 0.1) is 18.1 Å². The molecule has 0 atom stereocenters. The van der Waals surface area contributed by atoms with Crippen molar-refractivity contribution < 1.29 is 13.6 Å². The topological polar surface area (TPSA) is 52.6 Å². The summed E-state index contributed by atoms with van der Waals surface area (Å²) in [4.78, 5) is 12.3. The van der Waals surface area contributed by atoms with Crippen molar-refractivity contribution >= 4 is 16.3 Å². The summed E-state index contributed by atoms with van der Waals surface area (Å²) in [6, 6.07) is 7.39. The second-order valence-electron chi connectivity index (χ2n) is 5.79. The van der Waals surface area contributed by atoms with Gasteiger partial charge in [-0.1, -0.05) is 6.08 Å². The summed E-state index contributed by atoms with van der Waals surface area (Å²) in [5.74, 6) is 2.91. The summed E-state index contributed by atoms with van der Waals surface area (Å²) in [6.07, 6.45) is 2.63. The Morgan fingerprint density at radius 2 is 1.91 bits per heavy atom. The SMILES string of the molecule is COc1ccc2c(=O)oc3c(c2c1)-c1oc(C)cc1C(C)=CC3. The van der Waals surface area contributed by atoms with Crippen LogP contribution >= 0.6 is 0 Å². The Kier molecular flexibility index (Phi) is 2.94. The van der Waals surface area contributed by atoms with Gasteiger partial charge in [-0.25, -0.2) is 4.79 Å². The highest BCUT2D eigenvalue weighted by Crippen LogP contribution is 2.41. The van der Waals surface area contributed by atoms with E-state index in [0.717, 1.165) is 33.6 Å². The van der Waals surface area contributed by atoms with E-state index in [2.05, 4.69) is 6.08 Å². The van der Waals surface area contributed by atoms with E-state index in [4.69, 9.17) is 13.6 Å². The van der Waals surface area contributed by atoms with Crippen LogP contribution in [-0.4, -0.2) is 7.11 Å².